The fourth-order valence-corrected chi connectivity index (χ4v) is 2.99. The summed E-state index contributed by atoms with van der Waals surface area (Å²) in [5.41, 5.74) is 3.01. The van der Waals surface area contributed by atoms with E-state index in [-0.39, 0.29) is 10.8 Å². The highest BCUT2D eigenvalue weighted by molar-refractivity contribution is 6.32. The van der Waals surface area contributed by atoms with Crippen LogP contribution in [0, 0.1) is 18.2 Å². The molecule has 0 amide bonds. The number of fused-ring (bicyclic) bond motifs is 1. The predicted octanol–water partition coefficient (Wildman–Crippen LogP) is 4.55. The van der Waals surface area contributed by atoms with E-state index < -0.39 is 6.10 Å². The van der Waals surface area contributed by atoms with Gasteiger partial charge in [0.25, 0.3) is 0 Å². The summed E-state index contributed by atoms with van der Waals surface area (Å²) in [5, 5.41) is 0.222. The molecule has 1 unspecified atom stereocenters. The second kappa shape index (κ2) is 6.06. The molecule has 1 aromatic heterocycles. The monoisotopic (exact) mass is 317 g/mol. The van der Waals surface area contributed by atoms with Gasteiger partial charge in [0.15, 0.2) is 6.10 Å². The molecule has 0 radical (unpaired) electrons. The van der Waals surface area contributed by atoms with Crippen LogP contribution in [0.25, 0.3) is 5.69 Å². The average Bonchev–Trinajstić information content (AvgIpc) is 2.93. The van der Waals surface area contributed by atoms with Gasteiger partial charge in [-0.15, -0.1) is 6.42 Å². The smallest absolute Gasteiger partial charge is 0.156 e. The van der Waals surface area contributed by atoms with E-state index in [1.807, 2.05) is 17.0 Å². The molecule has 0 saturated heterocycles. The molecule has 2 aromatic rings. The van der Waals surface area contributed by atoms with E-state index >= 15 is 0 Å². The van der Waals surface area contributed by atoms with Crippen molar-refractivity contribution in [3.05, 3.63) is 46.5 Å². The number of aryl methyl sites for hydroxylation is 2. The maximum absolute atomic E-state index is 14.3. The van der Waals surface area contributed by atoms with Crippen molar-refractivity contribution < 1.29 is 9.13 Å². The summed E-state index contributed by atoms with van der Waals surface area (Å²) in [6.45, 7) is 1.74. The first-order chi connectivity index (χ1) is 10.6. The van der Waals surface area contributed by atoms with Crippen LogP contribution < -0.4 is 4.74 Å². The first-order valence-corrected chi connectivity index (χ1v) is 7.78. The molecule has 1 aromatic carbocycles. The lowest BCUT2D eigenvalue weighted by atomic mass is 9.96. The summed E-state index contributed by atoms with van der Waals surface area (Å²) >= 11 is 6.05. The minimum Gasteiger partial charge on any atom is -0.476 e. The molecule has 3 rings (SSSR count). The number of ether oxygens (including phenoxy) is 1. The molecule has 1 aliphatic rings. The minimum absolute atomic E-state index is 0.222. The van der Waals surface area contributed by atoms with Gasteiger partial charge < -0.3 is 9.30 Å². The van der Waals surface area contributed by atoms with Gasteiger partial charge in [-0.25, -0.2) is 4.39 Å². The van der Waals surface area contributed by atoms with Crippen molar-refractivity contribution >= 4 is 11.6 Å². The van der Waals surface area contributed by atoms with Gasteiger partial charge in [-0.1, -0.05) is 17.5 Å². The third-order valence-corrected chi connectivity index (χ3v) is 4.26. The molecule has 1 aliphatic carbocycles. The van der Waals surface area contributed by atoms with E-state index in [0.717, 1.165) is 12.8 Å². The molecule has 0 aliphatic heterocycles. The summed E-state index contributed by atoms with van der Waals surface area (Å²) in [6.07, 6.45) is 13.4. The molecule has 1 heterocycles. The van der Waals surface area contributed by atoms with Gasteiger partial charge in [0.2, 0.25) is 0 Å². The molecule has 22 heavy (non-hydrogen) atoms. The third kappa shape index (κ3) is 2.84. The molecule has 2 nitrogen and oxygen atoms in total. The van der Waals surface area contributed by atoms with E-state index in [9.17, 15) is 4.39 Å². The normalized spacial score (nSPS) is 15.0. The van der Waals surface area contributed by atoms with Gasteiger partial charge in [-0.3, -0.25) is 0 Å². The summed E-state index contributed by atoms with van der Waals surface area (Å²) < 4.78 is 21.7. The molecular formula is C18H17ClFNO. The van der Waals surface area contributed by atoms with Gasteiger partial charge in [0.05, 0.1) is 10.7 Å². The van der Waals surface area contributed by atoms with Crippen LogP contribution in [0.5, 0.6) is 5.75 Å². The number of halogens is 2. The second-order valence-corrected chi connectivity index (χ2v) is 5.99. The maximum Gasteiger partial charge on any atom is 0.156 e. The number of rotatable bonds is 3. The van der Waals surface area contributed by atoms with Crippen molar-refractivity contribution in [2.75, 3.05) is 0 Å². The van der Waals surface area contributed by atoms with Gasteiger partial charge in [-0.2, -0.15) is 0 Å². The highest BCUT2D eigenvalue weighted by Crippen LogP contribution is 2.32. The number of benzene rings is 1. The van der Waals surface area contributed by atoms with E-state index in [1.54, 1.807) is 13.0 Å². The van der Waals surface area contributed by atoms with Crippen LogP contribution in [-0.4, -0.2) is 10.7 Å². The molecule has 0 fully saturated rings. The first kappa shape index (κ1) is 15.0. The van der Waals surface area contributed by atoms with Gasteiger partial charge in [0, 0.05) is 18.5 Å². The molecule has 0 N–H and O–H groups in total. The lowest BCUT2D eigenvalue weighted by molar-refractivity contribution is 0.279. The lowest BCUT2D eigenvalue weighted by Crippen LogP contribution is -2.09. The summed E-state index contributed by atoms with van der Waals surface area (Å²) in [4.78, 5) is 0. The number of hydrogen-bond acceptors (Lipinski definition) is 1. The van der Waals surface area contributed by atoms with Crippen LogP contribution >= 0.6 is 11.6 Å². The Morgan fingerprint density at radius 2 is 1.91 bits per heavy atom. The Morgan fingerprint density at radius 1 is 1.27 bits per heavy atom. The van der Waals surface area contributed by atoms with Crippen molar-refractivity contribution in [1.29, 1.82) is 0 Å². The summed E-state index contributed by atoms with van der Waals surface area (Å²) in [7, 11) is 0. The van der Waals surface area contributed by atoms with Crippen LogP contribution in [-0.2, 0) is 12.8 Å². The Morgan fingerprint density at radius 3 is 2.50 bits per heavy atom. The van der Waals surface area contributed by atoms with Crippen molar-refractivity contribution in [2.24, 2.45) is 0 Å². The second-order valence-electron chi connectivity index (χ2n) is 5.58. The topological polar surface area (TPSA) is 14.2 Å². The van der Waals surface area contributed by atoms with Crippen LogP contribution in [0.1, 0.15) is 30.9 Å². The van der Waals surface area contributed by atoms with Gasteiger partial charge in [-0.05, 0) is 49.8 Å². The predicted molar refractivity (Wildman–Crippen MR) is 86.3 cm³/mol. The summed E-state index contributed by atoms with van der Waals surface area (Å²) in [5.74, 6) is 2.49. The molecule has 0 bridgehead atoms. The van der Waals surface area contributed by atoms with Crippen molar-refractivity contribution in [3.8, 4) is 23.8 Å². The molecule has 4 heteroatoms. The van der Waals surface area contributed by atoms with Crippen molar-refractivity contribution in [3.63, 3.8) is 0 Å². The lowest BCUT2D eigenvalue weighted by Gasteiger charge is -2.13. The number of nitrogens with zero attached hydrogens (tertiary/aromatic N) is 1. The molecule has 0 saturated carbocycles. The minimum atomic E-state index is -0.423. The zero-order valence-electron chi connectivity index (χ0n) is 12.4. The third-order valence-electron chi connectivity index (χ3n) is 3.96. The summed E-state index contributed by atoms with van der Waals surface area (Å²) in [6, 6.07) is 2.88. The number of terminal acetylenes is 1. The Hall–Kier alpha value is -1.92. The van der Waals surface area contributed by atoms with Crippen LogP contribution in [0.2, 0.25) is 5.02 Å². The van der Waals surface area contributed by atoms with Gasteiger partial charge >= 0.3 is 0 Å². The highest BCUT2D eigenvalue weighted by atomic mass is 35.5. The quantitative estimate of drug-likeness (QED) is 0.758. The Balaban J connectivity index is 2.01. The largest absolute Gasteiger partial charge is 0.476 e. The fraction of sp³-hybridized carbons (Fsp3) is 0.333. The Labute approximate surface area is 134 Å². The zero-order valence-corrected chi connectivity index (χ0v) is 13.2. The molecule has 1 atom stereocenters. The van der Waals surface area contributed by atoms with Crippen LogP contribution in [0.4, 0.5) is 4.39 Å². The SMILES string of the molecule is C#CC(C)Oc1cc(-n2cc3c(c2)CCCC3)c(F)cc1Cl. The van der Waals surface area contributed by atoms with Gasteiger partial charge in [0.1, 0.15) is 11.6 Å². The average molecular weight is 318 g/mol. The van der Waals surface area contributed by atoms with E-state index in [2.05, 4.69) is 5.92 Å². The Bertz CT molecular complexity index is 721. The fourth-order valence-electron chi connectivity index (χ4n) is 2.79. The van der Waals surface area contributed by atoms with E-state index in [1.165, 1.54) is 30.0 Å². The van der Waals surface area contributed by atoms with Crippen LogP contribution in [0.3, 0.4) is 0 Å². The van der Waals surface area contributed by atoms with E-state index in [4.69, 9.17) is 22.8 Å². The number of aromatic nitrogens is 1. The number of hydrogen-bond donors (Lipinski definition) is 0. The van der Waals surface area contributed by atoms with Crippen molar-refractivity contribution in [1.82, 2.24) is 4.57 Å². The molecule has 0 spiro atoms. The molecule has 114 valence electrons. The van der Waals surface area contributed by atoms with Crippen LogP contribution in [0.15, 0.2) is 24.5 Å². The van der Waals surface area contributed by atoms with E-state index in [0.29, 0.717) is 11.4 Å². The standard InChI is InChI=1S/C18H17ClFNO/c1-3-12(2)22-18-9-17(16(20)8-15(18)19)21-10-13-6-4-5-7-14(13)11-21/h1,8-12H,4-7H2,2H3. The highest BCUT2D eigenvalue weighted by Gasteiger charge is 2.16. The van der Waals surface area contributed by atoms with Crippen molar-refractivity contribution in [2.45, 2.75) is 38.7 Å². The Kier molecular flexibility index (Phi) is 4.13. The molecular weight excluding hydrogens is 301 g/mol. The zero-order chi connectivity index (χ0) is 15.7. The first-order valence-electron chi connectivity index (χ1n) is 7.40. The maximum atomic E-state index is 14.3.